The minimum Gasteiger partial charge on any atom is -0.507 e. The summed E-state index contributed by atoms with van der Waals surface area (Å²) in [5.41, 5.74) is 2.79. The van der Waals surface area contributed by atoms with Crippen molar-refractivity contribution in [1.29, 1.82) is 0 Å². The molecule has 0 bridgehead atoms. The summed E-state index contributed by atoms with van der Waals surface area (Å²) in [4.78, 5) is 27.7. The number of benzene rings is 2. The van der Waals surface area contributed by atoms with E-state index >= 15 is 0 Å². The lowest BCUT2D eigenvalue weighted by Gasteiger charge is -2.30. The maximum Gasteiger partial charge on any atom is 0.257 e. The van der Waals surface area contributed by atoms with Crippen LogP contribution in [0.4, 0.5) is 5.69 Å². The fraction of sp³-hybridized carbons (Fsp3) is 0.200. The topological polar surface area (TPSA) is 81.1 Å². The van der Waals surface area contributed by atoms with Gasteiger partial charge in [-0.1, -0.05) is 24.2 Å². The fourth-order valence-corrected chi connectivity index (χ4v) is 3.25. The number of aromatic hydroxyl groups is 2. The van der Waals surface area contributed by atoms with Gasteiger partial charge in [0.1, 0.15) is 11.5 Å². The van der Waals surface area contributed by atoms with Crippen molar-refractivity contribution in [3.05, 3.63) is 64.7 Å². The second kappa shape index (κ2) is 7.32. The van der Waals surface area contributed by atoms with E-state index in [-0.39, 0.29) is 33.9 Å². The minimum atomic E-state index is -0.374. The summed E-state index contributed by atoms with van der Waals surface area (Å²) in [6.45, 7) is 4.32. The van der Waals surface area contributed by atoms with Crippen LogP contribution in [0.3, 0.4) is 0 Å². The Morgan fingerprint density at radius 3 is 2.63 bits per heavy atom. The molecule has 2 aromatic rings. The van der Waals surface area contributed by atoms with Crippen molar-refractivity contribution in [3.63, 3.8) is 0 Å². The molecule has 27 heavy (non-hydrogen) atoms. The number of anilines is 1. The van der Waals surface area contributed by atoms with E-state index < -0.39 is 0 Å². The SMILES string of the molecule is C=CC(=O)N(C)c1ccc2c(c1)CN(C(=O)c1cc(Cl)c(O)cc1O)CC2. The lowest BCUT2D eigenvalue weighted by molar-refractivity contribution is -0.113. The van der Waals surface area contributed by atoms with Crippen LogP contribution in [0.2, 0.25) is 5.02 Å². The summed E-state index contributed by atoms with van der Waals surface area (Å²) in [6.07, 6.45) is 1.90. The number of rotatable bonds is 3. The lowest BCUT2D eigenvalue weighted by atomic mass is 9.98. The first-order valence-electron chi connectivity index (χ1n) is 8.34. The van der Waals surface area contributed by atoms with Crippen LogP contribution < -0.4 is 4.90 Å². The molecule has 140 valence electrons. The maximum absolute atomic E-state index is 12.8. The quantitative estimate of drug-likeness (QED) is 0.794. The van der Waals surface area contributed by atoms with Crippen LogP contribution >= 0.6 is 11.6 Å². The molecule has 7 heteroatoms. The molecule has 1 heterocycles. The van der Waals surface area contributed by atoms with Gasteiger partial charge in [0.2, 0.25) is 5.91 Å². The van der Waals surface area contributed by atoms with Crippen molar-refractivity contribution in [2.75, 3.05) is 18.5 Å². The van der Waals surface area contributed by atoms with E-state index in [1.54, 1.807) is 11.9 Å². The van der Waals surface area contributed by atoms with E-state index in [9.17, 15) is 19.8 Å². The standard InChI is InChI=1S/C20H19ClN2O4/c1-3-19(26)22(2)14-5-4-12-6-7-23(11-13(12)8-14)20(27)15-9-16(21)18(25)10-17(15)24/h3-5,8-10,24-25H,1,6-7,11H2,2H3. The van der Waals surface area contributed by atoms with Crippen LogP contribution in [-0.4, -0.2) is 40.5 Å². The summed E-state index contributed by atoms with van der Waals surface area (Å²) >= 11 is 5.87. The summed E-state index contributed by atoms with van der Waals surface area (Å²) in [7, 11) is 1.66. The zero-order valence-electron chi connectivity index (χ0n) is 14.8. The van der Waals surface area contributed by atoms with Gasteiger partial charge < -0.3 is 20.0 Å². The number of fused-ring (bicyclic) bond motifs is 1. The van der Waals surface area contributed by atoms with Gasteiger partial charge in [-0.05, 0) is 41.8 Å². The van der Waals surface area contributed by atoms with Gasteiger partial charge >= 0.3 is 0 Å². The molecule has 0 radical (unpaired) electrons. The van der Waals surface area contributed by atoms with Crippen LogP contribution in [0.15, 0.2) is 43.0 Å². The number of nitrogens with zero attached hydrogens (tertiary/aromatic N) is 2. The van der Waals surface area contributed by atoms with Gasteiger partial charge in [-0.2, -0.15) is 0 Å². The van der Waals surface area contributed by atoms with Gasteiger partial charge in [0.25, 0.3) is 5.91 Å². The van der Waals surface area contributed by atoms with Gasteiger partial charge in [-0.3, -0.25) is 9.59 Å². The predicted molar refractivity (Wildman–Crippen MR) is 103 cm³/mol. The highest BCUT2D eigenvalue weighted by molar-refractivity contribution is 6.32. The van der Waals surface area contributed by atoms with Gasteiger partial charge in [0.15, 0.2) is 0 Å². The number of amides is 2. The van der Waals surface area contributed by atoms with Gasteiger partial charge in [0, 0.05) is 31.9 Å². The first-order valence-corrected chi connectivity index (χ1v) is 8.72. The largest absolute Gasteiger partial charge is 0.507 e. The monoisotopic (exact) mass is 386 g/mol. The van der Waals surface area contributed by atoms with E-state index in [2.05, 4.69) is 6.58 Å². The molecular weight excluding hydrogens is 368 g/mol. The number of phenols is 2. The average molecular weight is 387 g/mol. The molecule has 2 aromatic carbocycles. The molecule has 0 saturated heterocycles. The maximum atomic E-state index is 12.8. The number of hydrogen-bond donors (Lipinski definition) is 2. The Morgan fingerprint density at radius 2 is 1.93 bits per heavy atom. The number of hydrogen-bond acceptors (Lipinski definition) is 4. The molecule has 0 atom stereocenters. The van der Waals surface area contributed by atoms with Crippen molar-refractivity contribution in [2.45, 2.75) is 13.0 Å². The van der Waals surface area contributed by atoms with E-state index in [4.69, 9.17) is 11.6 Å². The van der Waals surface area contributed by atoms with Crippen LogP contribution in [0.1, 0.15) is 21.5 Å². The van der Waals surface area contributed by atoms with E-state index in [0.29, 0.717) is 25.2 Å². The van der Waals surface area contributed by atoms with E-state index in [1.165, 1.54) is 17.0 Å². The van der Waals surface area contributed by atoms with Crippen molar-refractivity contribution in [2.24, 2.45) is 0 Å². The molecule has 0 fully saturated rings. The third-order valence-corrected chi connectivity index (χ3v) is 4.98. The van der Waals surface area contributed by atoms with Crippen molar-refractivity contribution in [3.8, 4) is 11.5 Å². The molecule has 2 amide bonds. The Balaban J connectivity index is 1.87. The van der Waals surface area contributed by atoms with Crippen molar-refractivity contribution < 1.29 is 19.8 Å². The first-order chi connectivity index (χ1) is 12.8. The third kappa shape index (κ3) is 3.61. The lowest BCUT2D eigenvalue weighted by Crippen LogP contribution is -2.36. The zero-order chi connectivity index (χ0) is 19.7. The Labute approximate surface area is 161 Å². The van der Waals surface area contributed by atoms with Crippen molar-refractivity contribution >= 4 is 29.1 Å². The molecule has 0 aromatic heterocycles. The average Bonchev–Trinajstić information content (AvgIpc) is 2.68. The van der Waals surface area contributed by atoms with Crippen LogP contribution in [0.5, 0.6) is 11.5 Å². The Morgan fingerprint density at radius 1 is 1.19 bits per heavy atom. The number of likely N-dealkylation sites (N-methyl/N-ethyl adjacent to an activating group) is 1. The summed E-state index contributed by atoms with van der Waals surface area (Å²) in [5.74, 6) is -1.20. The number of carbonyl (C=O) groups is 2. The number of phenolic OH excluding ortho intramolecular Hbond substituents is 2. The van der Waals surface area contributed by atoms with Crippen molar-refractivity contribution in [1.82, 2.24) is 4.90 Å². The molecule has 0 spiro atoms. The zero-order valence-corrected chi connectivity index (χ0v) is 15.5. The first kappa shape index (κ1) is 18.8. The van der Waals surface area contributed by atoms with Gasteiger partial charge in [-0.25, -0.2) is 0 Å². The van der Waals surface area contributed by atoms with Crippen LogP contribution in [0.25, 0.3) is 0 Å². The molecular formula is C20H19ClN2O4. The molecule has 1 aliphatic heterocycles. The van der Waals surface area contributed by atoms with Gasteiger partial charge in [-0.15, -0.1) is 0 Å². The van der Waals surface area contributed by atoms with Gasteiger partial charge in [0.05, 0.1) is 10.6 Å². The van der Waals surface area contributed by atoms with Crippen LogP contribution in [0, 0.1) is 0 Å². The molecule has 0 unspecified atom stereocenters. The predicted octanol–water partition coefficient (Wildman–Crippen LogP) is 3.10. The summed E-state index contributed by atoms with van der Waals surface area (Å²) in [5, 5.41) is 19.5. The fourth-order valence-electron chi connectivity index (χ4n) is 3.08. The second-order valence-corrected chi connectivity index (χ2v) is 6.76. The highest BCUT2D eigenvalue weighted by Gasteiger charge is 2.25. The summed E-state index contributed by atoms with van der Waals surface area (Å²) in [6, 6.07) is 8.01. The molecule has 2 N–H and O–H groups in total. The number of carbonyl (C=O) groups excluding carboxylic acids is 2. The summed E-state index contributed by atoms with van der Waals surface area (Å²) < 4.78 is 0. The van der Waals surface area contributed by atoms with Crippen LogP contribution in [-0.2, 0) is 17.8 Å². The second-order valence-electron chi connectivity index (χ2n) is 6.35. The molecule has 6 nitrogen and oxygen atoms in total. The molecule has 0 saturated carbocycles. The third-order valence-electron chi connectivity index (χ3n) is 4.68. The molecule has 1 aliphatic rings. The Kier molecular flexibility index (Phi) is 5.10. The highest BCUT2D eigenvalue weighted by atomic mass is 35.5. The normalized spacial score (nSPS) is 13.0. The number of halogens is 1. The molecule has 3 rings (SSSR count). The Hall–Kier alpha value is -2.99. The minimum absolute atomic E-state index is 0.000378. The highest BCUT2D eigenvalue weighted by Crippen LogP contribution is 2.33. The van der Waals surface area contributed by atoms with E-state index in [0.717, 1.165) is 17.2 Å². The molecule has 0 aliphatic carbocycles. The smallest absolute Gasteiger partial charge is 0.257 e. The Bertz CT molecular complexity index is 942. The van der Waals surface area contributed by atoms with E-state index in [1.807, 2.05) is 18.2 Å².